The van der Waals surface area contributed by atoms with Gasteiger partial charge >= 0.3 is 0 Å². The molecule has 0 aliphatic rings. The summed E-state index contributed by atoms with van der Waals surface area (Å²) in [6.07, 6.45) is 1.43. The van der Waals surface area contributed by atoms with E-state index in [1.54, 1.807) is 12.1 Å². The maximum absolute atomic E-state index is 11.1. The van der Waals surface area contributed by atoms with Gasteiger partial charge in [0.15, 0.2) is 0 Å². The lowest BCUT2D eigenvalue weighted by molar-refractivity contribution is -0.121. The molecule has 1 amide bonds. The smallest absolute Gasteiger partial charge is 0.220 e. The summed E-state index contributed by atoms with van der Waals surface area (Å²) in [5.41, 5.74) is 6.27. The summed E-state index contributed by atoms with van der Waals surface area (Å²) in [7, 11) is 0. The van der Waals surface area contributed by atoms with Crippen LogP contribution in [0.25, 0.3) is 0 Å². The Kier molecular flexibility index (Phi) is 5.19. The van der Waals surface area contributed by atoms with Crippen molar-refractivity contribution in [1.82, 2.24) is 5.32 Å². The van der Waals surface area contributed by atoms with Gasteiger partial charge in [0.1, 0.15) is 12.4 Å². The second-order valence-corrected chi connectivity index (χ2v) is 3.52. The van der Waals surface area contributed by atoms with Crippen molar-refractivity contribution in [3.63, 3.8) is 0 Å². The minimum absolute atomic E-state index is 0.0682. The molecule has 1 aromatic rings. The quantitative estimate of drug-likeness (QED) is 0.567. The average molecular weight is 222 g/mol. The SMILES string of the molecule is CCCC(=O)NCCOc1cccc(N)c1. The summed E-state index contributed by atoms with van der Waals surface area (Å²) < 4.78 is 5.42. The van der Waals surface area contributed by atoms with Crippen LogP contribution in [0.1, 0.15) is 19.8 Å². The molecule has 0 unspecified atom stereocenters. The minimum atomic E-state index is 0.0682. The Bertz CT molecular complexity index is 340. The van der Waals surface area contributed by atoms with Crippen molar-refractivity contribution in [2.75, 3.05) is 18.9 Å². The van der Waals surface area contributed by atoms with Gasteiger partial charge < -0.3 is 15.8 Å². The third kappa shape index (κ3) is 4.68. The zero-order valence-corrected chi connectivity index (χ0v) is 9.53. The Hall–Kier alpha value is -1.71. The van der Waals surface area contributed by atoms with Crippen LogP contribution in [0, 0.1) is 0 Å². The molecule has 0 heterocycles. The van der Waals surface area contributed by atoms with E-state index in [-0.39, 0.29) is 5.91 Å². The third-order valence-electron chi connectivity index (χ3n) is 2.03. The molecule has 0 bridgehead atoms. The molecule has 0 aromatic heterocycles. The van der Waals surface area contributed by atoms with Gasteiger partial charge in [-0.05, 0) is 18.6 Å². The highest BCUT2D eigenvalue weighted by molar-refractivity contribution is 5.75. The molecule has 4 heteroatoms. The standard InChI is InChI=1S/C12H18N2O2/c1-2-4-12(15)14-7-8-16-11-6-3-5-10(13)9-11/h3,5-6,9H,2,4,7-8,13H2,1H3,(H,14,15). The van der Waals surface area contributed by atoms with Crippen molar-refractivity contribution < 1.29 is 9.53 Å². The number of anilines is 1. The molecule has 3 N–H and O–H groups in total. The van der Waals surface area contributed by atoms with Crippen LogP contribution >= 0.6 is 0 Å². The Morgan fingerprint density at radius 3 is 3.00 bits per heavy atom. The molecular weight excluding hydrogens is 204 g/mol. The maximum atomic E-state index is 11.1. The lowest BCUT2D eigenvalue weighted by Gasteiger charge is -2.07. The molecule has 0 radical (unpaired) electrons. The third-order valence-corrected chi connectivity index (χ3v) is 2.03. The van der Waals surface area contributed by atoms with Crippen molar-refractivity contribution in [2.24, 2.45) is 0 Å². The first-order chi connectivity index (χ1) is 7.72. The van der Waals surface area contributed by atoms with Gasteiger partial charge in [-0.3, -0.25) is 4.79 Å². The highest BCUT2D eigenvalue weighted by Gasteiger charge is 1.98. The van der Waals surface area contributed by atoms with Gasteiger partial charge in [-0.1, -0.05) is 13.0 Å². The van der Waals surface area contributed by atoms with Crippen LogP contribution in [0.15, 0.2) is 24.3 Å². The number of nitrogens with one attached hydrogen (secondary N) is 1. The van der Waals surface area contributed by atoms with Crippen molar-refractivity contribution >= 4 is 11.6 Å². The number of ether oxygens (including phenoxy) is 1. The van der Waals surface area contributed by atoms with Gasteiger partial charge in [-0.2, -0.15) is 0 Å². The zero-order valence-electron chi connectivity index (χ0n) is 9.53. The van der Waals surface area contributed by atoms with Gasteiger partial charge in [-0.25, -0.2) is 0 Å². The number of nitrogens with two attached hydrogens (primary N) is 1. The molecule has 0 spiro atoms. The van der Waals surface area contributed by atoms with E-state index in [0.29, 0.717) is 25.3 Å². The highest BCUT2D eigenvalue weighted by Crippen LogP contribution is 2.13. The number of nitrogen functional groups attached to an aromatic ring is 1. The van der Waals surface area contributed by atoms with Crippen molar-refractivity contribution in [2.45, 2.75) is 19.8 Å². The molecule has 1 rings (SSSR count). The number of hydrogen-bond donors (Lipinski definition) is 2. The predicted molar refractivity (Wildman–Crippen MR) is 64.3 cm³/mol. The van der Waals surface area contributed by atoms with E-state index in [1.165, 1.54) is 0 Å². The van der Waals surface area contributed by atoms with Crippen LogP contribution < -0.4 is 15.8 Å². The first-order valence-corrected chi connectivity index (χ1v) is 5.47. The summed E-state index contributed by atoms with van der Waals surface area (Å²) >= 11 is 0. The topological polar surface area (TPSA) is 64.3 Å². The lowest BCUT2D eigenvalue weighted by Crippen LogP contribution is -2.27. The van der Waals surface area contributed by atoms with E-state index in [4.69, 9.17) is 10.5 Å². The number of amides is 1. The second-order valence-electron chi connectivity index (χ2n) is 3.52. The Morgan fingerprint density at radius 2 is 2.31 bits per heavy atom. The first kappa shape index (κ1) is 12.4. The van der Waals surface area contributed by atoms with E-state index < -0.39 is 0 Å². The monoisotopic (exact) mass is 222 g/mol. The van der Waals surface area contributed by atoms with E-state index in [0.717, 1.165) is 12.2 Å². The van der Waals surface area contributed by atoms with Crippen LogP contribution in [0.3, 0.4) is 0 Å². The summed E-state index contributed by atoms with van der Waals surface area (Å²) in [5, 5.41) is 2.77. The zero-order chi connectivity index (χ0) is 11.8. The van der Waals surface area contributed by atoms with Gasteiger partial charge in [0.2, 0.25) is 5.91 Å². The molecule has 0 atom stereocenters. The van der Waals surface area contributed by atoms with E-state index in [1.807, 2.05) is 19.1 Å². The molecule has 0 saturated carbocycles. The fraction of sp³-hybridized carbons (Fsp3) is 0.417. The number of rotatable bonds is 6. The lowest BCUT2D eigenvalue weighted by atomic mass is 10.3. The largest absolute Gasteiger partial charge is 0.492 e. The van der Waals surface area contributed by atoms with Crippen LogP contribution in [0.5, 0.6) is 5.75 Å². The molecule has 0 saturated heterocycles. The Balaban J connectivity index is 2.18. The summed E-state index contributed by atoms with van der Waals surface area (Å²) in [5.74, 6) is 0.795. The number of benzene rings is 1. The number of carbonyl (C=O) groups is 1. The average Bonchev–Trinajstić information content (AvgIpc) is 2.25. The van der Waals surface area contributed by atoms with E-state index in [2.05, 4.69) is 5.32 Å². The number of carbonyl (C=O) groups excluding carboxylic acids is 1. The molecule has 0 aliphatic heterocycles. The number of hydrogen-bond acceptors (Lipinski definition) is 3. The summed E-state index contributed by atoms with van der Waals surface area (Å²) in [6.45, 7) is 2.95. The van der Waals surface area contributed by atoms with Crippen molar-refractivity contribution in [3.8, 4) is 5.75 Å². The normalized spacial score (nSPS) is 9.81. The summed E-state index contributed by atoms with van der Waals surface area (Å²) in [6, 6.07) is 7.23. The Morgan fingerprint density at radius 1 is 1.50 bits per heavy atom. The maximum Gasteiger partial charge on any atom is 0.220 e. The fourth-order valence-electron chi connectivity index (χ4n) is 1.28. The van der Waals surface area contributed by atoms with Crippen molar-refractivity contribution in [3.05, 3.63) is 24.3 Å². The van der Waals surface area contributed by atoms with Crippen LogP contribution in [0.2, 0.25) is 0 Å². The van der Waals surface area contributed by atoms with Crippen LogP contribution in [-0.2, 0) is 4.79 Å². The molecular formula is C12H18N2O2. The van der Waals surface area contributed by atoms with Gasteiger partial charge in [0.25, 0.3) is 0 Å². The highest BCUT2D eigenvalue weighted by atomic mass is 16.5. The molecule has 0 aliphatic carbocycles. The molecule has 16 heavy (non-hydrogen) atoms. The van der Waals surface area contributed by atoms with Gasteiger partial charge in [0, 0.05) is 18.2 Å². The van der Waals surface area contributed by atoms with E-state index >= 15 is 0 Å². The van der Waals surface area contributed by atoms with E-state index in [9.17, 15) is 4.79 Å². The van der Waals surface area contributed by atoms with Gasteiger partial charge in [0.05, 0.1) is 6.54 Å². The Labute approximate surface area is 95.8 Å². The second kappa shape index (κ2) is 6.71. The summed E-state index contributed by atoms with van der Waals surface area (Å²) in [4.78, 5) is 11.1. The van der Waals surface area contributed by atoms with Crippen LogP contribution in [0.4, 0.5) is 5.69 Å². The molecule has 1 aromatic carbocycles. The molecule has 4 nitrogen and oxygen atoms in total. The van der Waals surface area contributed by atoms with Gasteiger partial charge in [-0.15, -0.1) is 0 Å². The van der Waals surface area contributed by atoms with Crippen molar-refractivity contribution in [1.29, 1.82) is 0 Å². The molecule has 0 fully saturated rings. The molecule has 88 valence electrons. The fourth-order valence-corrected chi connectivity index (χ4v) is 1.28. The first-order valence-electron chi connectivity index (χ1n) is 5.47. The predicted octanol–water partition coefficient (Wildman–Crippen LogP) is 1.56. The minimum Gasteiger partial charge on any atom is -0.492 e. The van der Waals surface area contributed by atoms with Crippen LogP contribution in [-0.4, -0.2) is 19.1 Å².